The average Bonchev–Trinajstić information content (AvgIpc) is 3.33. The first-order valence-electron chi connectivity index (χ1n) is 10.6. The standard InChI is InChI=1S/C23H31FN4O/c1-14-22(15(2)28(4)26-14)23-17(12-21(29)27(23)3)13-25-20-7-5-6-19(20)16-8-10-18(24)11-9-16/h8-11,17,19-20,23,25H,5-7,12-13H2,1-4H3/t17-,19-,20-,23+/m0/s1. The van der Waals surface area contributed by atoms with Gasteiger partial charge in [0.15, 0.2) is 0 Å². The minimum absolute atomic E-state index is 0.0642. The molecule has 2 heterocycles. The van der Waals surface area contributed by atoms with Gasteiger partial charge in [0.25, 0.3) is 0 Å². The number of carbonyl (C=O) groups is 1. The smallest absolute Gasteiger partial charge is 0.223 e. The number of nitrogens with one attached hydrogen (secondary N) is 1. The van der Waals surface area contributed by atoms with Gasteiger partial charge in [-0.05, 0) is 50.3 Å². The number of aryl methyl sites for hydroxylation is 2. The third-order valence-electron chi connectivity index (χ3n) is 7.01. The molecule has 156 valence electrons. The lowest BCUT2D eigenvalue weighted by atomic mass is 9.90. The lowest BCUT2D eigenvalue weighted by Gasteiger charge is -2.28. The Morgan fingerprint density at radius 1 is 1.17 bits per heavy atom. The van der Waals surface area contributed by atoms with E-state index in [9.17, 15) is 9.18 Å². The molecule has 4 atom stereocenters. The first kappa shape index (κ1) is 20.1. The second-order valence-electron chi connectivity index (χ2n) is 8.73. The molecular weight excluding hydrogens is 367 g/mol. The van der Waals surface area contributed by atoms with Crippen molar-refractivity contribution in [3.8, 4) is 0 Å². The van der Waals surface area contributed by atoms with Crippen LogP contribution >= 0.6 is 0 Å². The molecule has 1 aliphatic carbocycles. The summed E-state index contributed by atoms with van der Waals surface area (Å²) in [5.74, 6) is 0.647. The van der Waals surface area contributed by atoms with E-state index in [-0.39, 0.29) is 23.7 Å². The highest BCUT2D eigenvalue weighted by Crippen LogP contribution is 2.40. The summed E-state index contributed by atoms with van der Waals surface area (Å²) in [6, 6.07) is 7.38. The normalized spacial score (nSPS) is 27.2. The van der Waals surface area contributed by atoms with Gasteiger partial charge in [0, 0.05) is 50.3 Å². The predicted molar refractivity (Wildman–Crippen MR) is 111 cm³/mol. The van der Waals surface area contributed by atoms with Crippen LogP contribution in [0.2, 0.25) is 0 Å². The Labute approximate surface area is 172 Å². The third-order valence-corrected chi connectivity index (χ3v) is 7.01. The fourth-order valence-corrected chi connectivity index (χ4v) is 5.40. The van der Waals surface area contributed by atoms with Gasteiger partial charge in [-0.3, -0.25) is 9.48 Å². The molecule has 0 unspecified atom stereocenters. The van der Waals surface area contributed by atoms with Gasteiger partial charge >= 0.3 is 0 Å². The van der Waals surface area contributed by atoms with Crippen molar-refractivity contribution >= 4 is 5.91 Å². The summed E-state index contributed by atoms with van der Waals surface area (Å²) in [4.78, 5) is 14.4. The topological polar surface area (TPSA) is 50.2 Å². The molecule has 2 aromatic rings. The van der Waals surface area contributed by atoms with E-state index in [0.29, 0.717) is 18.4 Å². The minimum Gasteiger partial charge on any atom is -0.338 e. The fourth-order valence-electron chi connectivity index (χ4n) is 5.40. The van der Waals surface area contributed by atoms with Crippen LogP contribution in [-0.4, -0.2) is 40.2 Å². The van der Waals surface area contributed by atoms with Gasteiger partial charge in [-0.15, -0.1) is 0 Å². The van der Waals surface area contributed by atoms with Crippen LogP contribution in [-0.2, 0) is 11.8 Å². The number of rotatable bonds is 5. The van der Waals surface area contributed by atoms with Gasteiger partial charge < -0.3 is 10.2 Å². The molecule has 4 rings (SSSR count). The van der Waals surface area contributed by atoms with Crippen LogP contribution < -0.4 is 5.32 Å². The number of hydrogen-bond donors (Lipinski definition) is 1. The number of carbonyl (C=O) groups excluding carboxylic acids is 1. The maximum atomic E-state index is 13.3. The van der Waals surface area contributed by atoms with E-state index in [1.54, 1.807) is 12.1 Å². The molecule has 1 amide bonds. The van der Waals surface area contributed by atoms with Crippen molar-refractivity contribution in [3.05, 3.63) is 52.6 Å². The Hall–Kier alpha value is -2.21. The molecule has 1 saturated heterocycles. The van der Waals surface area contributed by atoms with Crippen molar-refractivity contribution in [2.24, 2.45) is 13.0 Å². The van der Waals surface area contributed by atoms with Gasteiger partial charge in [-0.2, -0.15) is 5.10 Å². The summed E-state index contributed by atoms with van der Waals surface area (Å²) in [6.45, 7) is 4.92. The fraction of sp³-hybridized carbons (Fsp3) is 0.565. The van der Waals surface area contributed by atoms with E-state index in [1.807, 2.05) is 42.7 Å². The van der Waals surface area contributed by atoms with E-state index >= 15 is 0 Å². The second-order valence-corrected chi connectivity index (χ2v) is 8.73. The molecule has 29 heavy (non-hydrogen) atoms. The monoisotopic (exact) mass is 398 g/mol. The van der Waals surface area contributed by atoms with Crippen molar-refractivity contribution in [3.63, 3.8) is 0 Å². The lowest BCUT2D eigenvalue weighted by Crippen LogP contribution is -2.37. The average molecular weight is 399 g/mol. The summed E-state index contributed by atoms with van der Waals surface area (Å²) in [6.07, 6.45) is 3.98. The van der Waals surface area contributed by atoms with Gasteiger partial charge in [0.05, 0.1) is 11.7 Å². The predicted octanol–water partition coefficient (Wildman–Crippen LogP) is 3.62. The summed E-state index contributed by atoms with van der Waals surface area (Å²) < 4.78 is 15.2. The number of hydrogen-bond acceptors (Lipinski definition) is 3. The van der Waals surface area contributed by atoms with Crippen molar-refractivity contribution in [2.45, 2.75) is 57.5 Å². The number of amides is 1. The summed E-state index contributed by atoms with van der Waals surface area (Å²) in [5.41, 5.74) is 4.53. The van der Waals surface area contributed by atoms with Crippen LogP contribution in [0.3, 0.4) is 0 Å². The Kier molecular flexibility index (Phi) is 5.47. The molecule has 0 bridgehead atoms. The molecular formula is C23H31FN4O. The largest absolute Gasteiger partial charge is 0.338 e. The molecule has 1 saturated carbocycles. The van der Waals surface area contributed by atoms with E-state index in [4.69, 9.17) is 0 Å². The van der Waals surface area contributed by atoms with Crippen molar-refractivity contribution < 1.29 is 9.18 Å². The van der Waals surface area contributed by atoms with Crippen molar-refractivity contribution in [2.75, 3.05) is 13.6 Å². The van der Waals surface area contributed by atoms with Crippen LogP contribution in [0.5, 0.6) is 0 Å². The number of benzene rings is 1. The maximum absolute atomic E-state index is 13.3. The maximum Gasteiger partial charge on any atom is 0.223 e. The number of nitrogens with zero attached hydrogens (tertiary/aromatic N) is 3. The van der Waals surface area contributed by atoms with Gasteiger partial charge in [-0.1, -0.05) is 18.6 Å². The Morgan fingerprint density at radius 2 is 1.90 bits per heavy atom. The highest BCUT2D eigenvalue weighted by Gasteiger charge is 2.41. The summed E-state index contributed by atoms with van der Waals surface area (Å²) >= 11 is 0. The quantitative estimate of drug-likeness (QED) is 0.837. The van der Waals surface area contributed by atoms with Gasteiger partial charge in [0.1, 0.15) is 5.82 Å². The molecule has 2 aliphatic rings. The summed E-state index contributed by atoms with van der Waals surface area (Å²) in [7, 11) is 3.87. The van der Waals surface area contributed by atoms with Crippen LogP contribution in [0.15, 0.2) is 24.3 Å². The Morgan fingerprint density at radius 3 is 2.55 bits per heavy atom. The second kappa shape index (κ2) is 7.90. The molecule has 1 aliphatic heterocycles. The zero-order chi connectivity index (χ0) is 20.7. The van der Waals surface area contributed by atoms with E-state index in [0.717, 1.165) is 30.8 Å². The minimum atomic E-state index is -0.186. The van der Waals surface area contributed by atoms with Gasteiger partial charge in [-0.25, -0.2) is 4.39 Å². The lowest BCUT2D eigenvalue weighted by molar-refractivity contribution is -0.127. The highest BCUT2D eigenvalue weighted by molar-refractivity contribution is 5.79. The molecule has 1 aromatic carbocycles. The molecule has 6 heteroatoms. The van der Waals surface area contributed by atoms with Crippen LogP contribution in [0.4, 0.5) is 4.39 Å². The first-order chi connectivity index (χ1) is 13.9. The highest BCUT2D eigenvalue weighted by atomic mass is 19.1. The number of likely N-dealkylation sites (tertiary alicyclic amines) is 1. The third kappa shape index (κ3) is 3.70. The summed E-state index contributed by atoms with van der Waals surface area (Å²) in [5, 5.41) is 8.35. The number of aromatic nitrogens is 2. The molecule has 5 nitrogen and oxygen atoms in total. The Balaban J connectivity index is 1.50. The molecule has 0 radical (unpaired) electrons. The molecule has 1 N–H and O–H groups in total. The van der Waals surface area contributed by atoms with Crippen molar-refractivity contribution in [1.29, 1.82) is 0 Å². The van der Waals surface area contributed by atoms with Crippen molar-refractivity contribution in [1.82, 2.24) is 20.0 Å². The zero-order valence-corrected chi connectivity index (χ0v) is 17.8. The van der Waals surface area contributed by atoms with E-state index < -0.39 is 0 Å². The number of halogens is 1. The molecule has 2 fully saturated rings. The first-order valence-corrected chi connectivity index (χ1v) is 10.6. The zero-order valence-electron chi connectivity index (χ0n) is 17.8. The van der Waals surface area contributed by atoms with E-state index in [2.05, 4.69) is 17.3 Å². The Bertz CT molecular complexity index is 891. The van der Waals surface area contributed by atoms with Crippen LogP contribution in [0.25, 0.3) is 0 Å². The van der Waals surface area contributed by atoms with E-state index in [1.165, 1.54) is 17.5 Å². The van der Waals surface area contributed by atoms with Crippen LogP contribution in [0.1, 0.15) is 60.2 Å². The molecule has 0 spiro atoms. The SMILES string of the molecule is Cc1nn(C)c(C)c1[C@H]1[C@H](CN[C@H]2CCC[C@H]2c2ccc(F)cc2)CC(=O)N1C. The molecule has 1 aromatic heterocycles. The van der Waals surface area contributed by atoms with Crippen LogP contribution in [0, 0.1) is 25.6 Å². The van der Waals surface area contributed by atoms with Gasteiger partial charge in [0.2, 0.25) is 5.91 Å².